The average Bonchev–Trinajstić information content (AvgIpc) is 2.83. The minimum Gasteiger partial charge on any atom is -0.459 e. The molecule has 0 bridgehead atoms. The smallest absolute Gasteiger partial charge is 0.135 e. The van der Waals surface area contributed by atoms with Gasteiger partial charge in [-0.1, -0.05) is 41.4 Å². The summed E-state index contributed by atoms with van der Waals surface area (Å²) in [6, 6.07) is 14.5. The number of rotatable bonds is 2. The molecule has 19 heavy (non-hydrogen) atoms. The molecule has 1 atom stereocenters. The molecule has 0 aliphatic carbocycles. The fourth-order valence-corrected chi connectivity index (χ4v) is 2.48. The highest BCUT2D eigenvalue weighted by Crippen LogP contribution is 2.31. The largest absolute Gasteiger partial charge is 0.459 e. The van der Waals surface area contributed by atoms with Crippen LogP contribution in [0.15, 0.2) is 52.9 Å². The van der Waals surface area contributed by atoms with Crippen LogP contribution in [0.4, 0.5) is 0 Å². The summed E-state index contributed by atoms with van der Waals surface area (Å²) < 4.78 is 5.75. The average molecular weight is 292 g/mol. The maximum atomic E-state index is 6.20. The second-order valence-electron chi connectivity index (χ2n) is 4.33. The quantitative estimate of drug-likeness (QED) is 0.737. The van der Waals surface area contributed by atoms with Gasteiger partial charge >= 0.3 is 0 Å². The zero-order valence-corrected chi connectivity index (χ0v) is 11.4. The molecule has 0 saturated heterocycles. The summed E-state index contributed by atoms with van der Waals surface area (Å²) in [7, 11) is 0. The van der Waals surface area contributed by atoms with E-state index in [2.05, 4.69) is 0 Å². The van der Waals surface area contributed by atoms with Crippen molar-refractivity contribution in [3.8, 4) is 0 Å². The maximum Gasteiger partial charge on any atom is 0.135 e. The van der Waals surface area contributed by atoms with Crippen LogP contribution < -0.4 is 5.73 Å². The normalized spacial score (nSPS) is 12.8. The third-order valence-electron chi connectivity index (χ3n) is 3.04. The third-order valence-corrected chi connectivity index (χ3v) is 3.61. The van der Waals surface area contributed by atoms with Gasteiger partial charge in [-0.05, 0) is 35.9 Å². The van der Waals surface area contributed by atoms with Crippen molar-refractivity contribution in [2.24, 2.45) is 5.73 Å². The lowest BCUT2D eigenvalue weighted by Crippen LogP contribution is -2.10. The zero-order chi connectivity index (χ0) is 13.4. The first-order valence-electron chi connectivity index (χ1n) is 5.84. The van der Waals surface area contributed by atoms with Crippen LogP contribution >= 0.6 is 23.2 Å². The molecule has 1 unspecified atom stereocenters. The van der Waals surface area contributed by atoms with Gasteiger partial charge in [-0.3, -0.25) is 0 Å². The summed E-state index contributed by atoms with van der Waals surface area (Å²) in [5.41, 5.74) is 7.84. The van der Waals surface area contributed by atoms with Crippen LogP contribution in [-0.2, 0) is 0 Å². The Labute approximate surface area is 120 Å². The molecule has 0 amide bonds. The summed E-state index contributed by atoms with van der Waals surface area (Å²) in [4.78, 5) is 0. The van der Waals surface area contributed by atoms with E-state index in [9.17, 15) is 0 Å². The fraction of sp³-hybridized carbons (Fsp3) is 0.0667. The van der Waals surface area contributed by atoms with E-state index in [0.29, 0.717) is 15.8 Å². The lowest BCUT2D eigenvalue weighted by atomic mass is 10.1. The van der Waals surface area contributed by atoms with Gasteiger partial charge in [0.15, 0.2) is 0 Å². The molecule has 1 heterocycles. The molecule has 0 saturated carbocycles. The Kier molecular flexibility index (Phi) is 3.23. The summed E-state index contributed by atoms with van der Waals surface area (Å²) >= 11 is 12.1. The van der Waals surface area contributed by atoms with E-state index in [0.717, 1.165) is 16.5 Å². The molecule has 2 N–H and O–H groups in total. The van der Waals surface area contributed by atoms with Gasteiger partial charge in [-0.25, -0.2) is 0 Å². The van der Waals surface area contributed by atoms with Crippen molar-refractivity contribution in [3.05, 3.63) is 69.9 Å². The number of hydrogen-bond acceptors (Lipinski definition) is 2. The molecule has 96 valence electrons. The molecule has 0 fully saturated rings. The number of halogens is 2. The van der Waals surface area contributed by atoms with Crippen molar-refractivity contribution >= 4 is 34.2 Å². The molecule has 4 heteroatoms. The van der Waals surface area contributed by atoms with Crippen LogP contribution in [0, 0.1) is 0 Å². The minimum absolute atomic E-state index is 0.359. The summed E-state index contributed by atoms with van der Waals surface area (Å²) in [5, 5.41) is 2.18. The predicted molar refractivity (Wildman–Crippen MR) is 78.7 cm³/mol. The molecule has 2 nitrogen and oxygen atoms in total. The van der Waals surface area contributed by atoms with Gasteiger partial charge in [0.1, 0.15) is 11.3 Å². The van der Waals surface area contributed by atoms with E-state index in [1.54, 1.807) is 0 Å². The van der Waals surface area contributed by atoms with Crippen molar-refractivity contribution in [2.75, 3.05) is 0 Å². The van der Waals surface area contributed by atoms with Crippen molar-refractivity contribution in [3.63, 3.8) is 0 Å². The molecular weight excluding hydrogens is 281 g/mol. The highest BCUT2D eigenvalue weighted by molar-refractivity contribution is 6.35. The summed E-state index contributed by atoms with van der Waals surface area (Å²) in [6.07, 6.45) is 0. The summed E-state index contributed by atoms with van der Waals surface area (Å²) in [6.45, 7) is 0. The number of fused-ring (bicyclic) bond motifs is 1. The minimum atomic E-state index is -0.359. The van der Waals surface area contributed by atoms with Crippen molar-refractivity contribution in [1.29, 1.82) is 0 Å². The zero-order valence-electron chi connectivity index (χ0n) is 9.94. The van der Waals surface area contributed by atoms with Crippen LogP contribution in [-0.4, -0.2) is 0 Å². The molecule has 2 aromatic carbocycles. The number of benzene rings is 2. The standard InChI is InChI=1S/C15H11Cl2NO/c16-10-4-1-3-9(7-10)15(18)14-8-11-12(17)5-2-6-13(11)19-14/h1-8,15H,18H2. The fourth-order valence-electron chi connectivity index (χ4n) is 2.06. The summed E-state index contributed by atoms with van der Waals surface area (Å²) in [5.74, 6) is 0.672. The predicted octanol–water partition coefficient (Wildman–Crippen LogP) is 4.79. The Bertz CT molecular complexity index is 736. The first-order valence-corrected chi connectivity index (χ1v) is 6.60. The Hall–Kier alpha value is -1.48. The van der Waals surface area contributed by atoms with Gasteiger partial charge < -0.3 is 10.2 Å². The highest BCUT2D eigenvalue weighted by atomic mass is 35.5. The lowest BCUT2D eigenvalue weighted by molar-refractivity contribution is 0.525. The van der Waals surface area contributed by atoms with E-state index >= 15 is 0 Å². The van der Waals surface area contributed by atoms with Crippen LogP contribution in [0.5, 0.6) is 0 Å². The van der Waals surface area contributed by atoms with Crippen LogP contribution in [0.3, 0.4) is 0 Å². The topological polar surface area (TPSA) is 39.2 Å². The van der Waals surface area contributed by atoms with Crippen LogP contribution in [0.2, 0.25) is 10.0 Å². The molecule has 0 aliphatic heterocycles. The van der Waals surface area contributed by atoms with Gasteiger partial charge in [0.2, 0.25) is 0 Å². The van der Waals surface area contributed by atoms with Crippen LogP contribution in [0.25, 0.3) is 11.0 Å². The third kappa shape index (κ3) is 2.35. The number of nitrogens with two attached hydrogens (primary N) is 1. The molecule has 0 aliphatic rings. The highest BCUT2D eigenvalue weighted by Gasteiger charge is 2.15. The second kappa shape index (κ2) is 4.89. The monoisotopic (exact) mass is 291 g/mol. The molecule has 3 aromatic rings. The molecule has 1 aromatic heterocycles. The van der Waals surface area contributed by atoms with Crippen molar-refractivity contribution in [2.45, 2.75) is 6.04 Å². The Balaban J connectivity index is 2.06. The van der Waals surface area contributed by atoms with Gasteiger partial charge in [0, 0.05) is 10.4 Å². The number of hydrogen-bond donors (Lipinski definition) is 1. The Morgan fingerprint density at radius 1 is 1.00 bits per heavy atom. The molecule has 3 rings (SSSR count). The van der Waals surface area contributed by atoms with E-state index in [1.807, 2.05) is 48.5 Å². The van der Waals surface area contributed by atoms with E-state index in [4.69, 9.17) is 33.4 Å². The van der Waals surface area contributed by atoms with E-state index in [-0.39, 0.29) is 6.04 Å². The first kappa shape index (κ1) is 12.5. The first-order chi connectivity index (χ1) is 9.15. The Morgan fingerprint density at radius 2 is 1.79 bits per heavy atom. The molecule has 0 radical (unpaired) electrons. The van der Waals surface area contributed by atoms with E-state index in [1.165, 1.54) is 0 Å². The lowest BCUT2D eigenvalue weighted by Gasteiger charge is -2.08. The van der Waals surface area contributed by atoms with E-state index < -0.39 is 0 Å². The van der Waals surface area contributed by atoms with Crippen molar-refractivity contribution < 1.29 is 4.42 Å². The molecular formula is C15H11Cl2NO. The van der Waals surface area contributed by atoms with Gasteiger partial charge in [0.25, 0.3) is 0 Å². The SMILES string of the molecule is NC(c1cccc(Cl)c1)c1cc2c(Cl)cccc2o1. The molecule has 0 spiro atoms. The van der Waals surface area contributed by atoms with Crippen molar-refractivity contribution in [1.82, 2.24) is 0 Å². The number of furan rings is 1. The van der Waals surface area contributed by atoms with Crippen LogP contribution in [0.1, 0.15) is 17.4 Å². The van der Waals surface area contributed by atoms with Gasteiger partial charge in [0.05, 0.1) is 11.1 Å². The van der Waals surface area contributed by atoms with Gasteiger partial charge in [-0.2, -0.15) is 0 Å². The Morgan fingerprint density at radius 3 is 2.53 bits per heavy atom. The van der Waals surface area contributed by atoms with Gasteiger partial charge in [-0.15, -0.1) is 0 Å². The maximum absolute atomic E-state index is 6.20. The second-order valence-corrected chi connectivity index (χ2v) is 5.18.